The van der Waals surface area contributed by atoms with Crippen LogP contribution in [0.1, 0.15) is 45.6 Å². The number of halogens is 1. The van der Waals surface area contributed by atoms with Crippen LogP contribution in [0.3, 0.4) is 0 Å². The van der Waals surface area contributed by atoms with E-state index in [9.17, 15) is 0 Å². The SMILES string of the molecule is CCCCN(c1ncc(CCl)cn1)C(C)CC. The topological polar surface area (TPSA) is 29.0 Å². The Balaban J connectivity index is 2.79. The molecule has 0 saturated carbocycles. The van der Waals surface area contributed by atoms with Crippen LogP contribution in [0.5, 0.6) is 0 Å². The number of nitrogens with zero attached hydrogens (tertiary/aromatic N) is 3. The van der Waals surface area contributed by atoms with Crippen LogP contribution < -0.4 is 4.90 Å². The zero-order valence-corrected chi connectivity index (χ0v) is 11.7. The highest BCUT2D eigenvalue weighted by Gasteiger charge is 2.14. The minimum Gasteiger partial charge on any atom is -0.338 e. The van der Waals surface area contributed by atoms with Gasteiger partial charge >= 0.3 is 0 Å². The molecule has 1 unspecified atom stereocenters. The average molecular weight is 256 g/mol. The van der Waals surface area contributed by atoms with Crippen molar-refractivity contribution in [3.8, 4) is 0 Å². The lowest BCUT2D eigenvalue weighted by atomic mass is 10.2. The van der Waals surface area contributed by atoms with E-state index < -0.39 is 0 Å². The fourth-order valence-corrected chi connectivity index (χ4v) is 1.77. The van der Waals surface area contributed by atoms with Crippen molar-refractivity contribution in [3.05, 3.63) is 18.0 Å². The molecule has 0 bridgehead atoms. The van der Waals surface area contributed by atoms with E-state index in [1.807, 2.05) is 12.4 Å². The zero-order chi connectivity index (χ0) is 12.7. The summed E-state index contributed by atoms with van der Waals surface area (Å²) in [5.74, 6) is 1.29. The van der Waals surface area contributed by atoms with Crippen LogP contribution in [0.15, 0.2) is 12.4 Å². The number of anilines is 1. The Hall–Kier alpha value is -0.830. The molecule has 0 aliphatic rings. The highest BCUT2D eigenvalue weighted by molar-refractivity contribution is 6.17. The van der Waals surface area contributed by atoms with Gasteiger partial charge in [-0.05, 0) is 19.8 Å². The lowest BCUT2D eigenvalue weighted by molar-refractivity contribution is 0.582. The lowest BCUT2D eigenvalue weighted by Crippen LogP contribution is -2.34. The molecule has 1 rings (SSSR count). The van der Waals surface area contributed by atoms with Crippen LogP contribution in [0, 0.1) is 0 Å². The number of alkyl halides is 1. The molecular weight excluding hydrogens is 234 g/mol. The van der Waals surface area contributed by atoms with Gasteiger partial charge in [-0.15, -0.1) is 11.6 Å². The van der Waals surface area contributed by atoms with Gasteiger partial charge in [-0.3, -0.25) is 0 Å². The highest BCUT2D eigenvalue weighted by Crippen LogP contribution is 2.14. The Bertz CT molecular complexity index is 313. The molecule has 0 aliphatic carbocycles. The second-order valence-corrected chi connectivity index (χ2v) is 4.60. The predicted octanol–water partition coefficient (Wildman–Crippen LogP) is 3.62. The third-order valence-corrected chi connectivity index (χ3v) is 3.29. The molecule has 0 aliphatic heterocycles. The Morgan fingerprint density at radius 3 is 2.41 bits per heavy atom. The van der Waals surface area contributed by atoms with E-state index >= 15 is 0 Å². The van der Waals surface area contributed by atoms with Gasteiger partial charge in [0.1, 0.15) is 0 Å². The first kappa shape index (κ1) is 14.2. The Morgan fingerprint density at radius 2 is 1.94 bits per heavy atom. The van der Waals surface area contributed by atoms with Gasteiger partial charge in [0.25, 0.3) is 0 Å². The van der Waals surface area contributed by atoms with Gasteiger partial charge in [0.05, 0.1) is 5.88 Å². The Labute approximate surface area is 109 Å². The normalized spacial score (nSPS) is 12.5. The minimum atomic E-state index is 0.471. The number of unbranched alkanes of at least 4 members (excludes halogenated alkanes) is 1. The maximum Gasteiger partial charge on any atom is 0.225 e. The van der Waals surface area contributed by atoms with Crippen LogP contribution in [0.25, 0.3) is 0 Å². The van der Waals surface area contributed by atoms with Crippen LogP contribution >= 0.6 is 11.6 Å². The van der Waals surface area contributed by atoms with Crippen molar-refractivity contribution in [2.24, 2.45) is 0 Å². The summed E-state index contributed by atoms with van der Waals surface area (Å²) in [5, 5.41) is 0. The van der Waals surface area contributed by atoms with E-state index in [0.717, 1.165) is 24.5 Å². The molecule has 0 aromatic carbocycles. The summed E-state index contributed by atoms with van der Waals surface area (Å²) in [6, 6.07) is 0.475. The van der Waals surface area contributed by atoms with Crippen LogP contribution in [-0.4, -0.2) is 22.6 Å². The van der Waals surface area contributed by atoms with E-state index in [0.29, 0.717) is 11.9 Å². The van der Waals surface area contributed by atoms with Crippen LogP contribution in [0.2, 0.25) is 0 Å². The molecule has 0 fully saturated rings. The predicted molar refractivity (Wildman–Crippen MR) is 73.6 cm³/mol. The summed E-state index contributed by atoms with van der Waals surface area (Å²) < 4.78 is 0. The minimum absolute atomic E-state index is 0.471. The van der Waals surface area contributed by atoms with Gasteiger partial charge in [-0.2, -0.15) is 0 Å². The molecular formula is C13H22ClN3. The van der Waals surface area contributed by atoms with Crippen molar-refractivity contribution in [3.63, 3.8) is 0 Å². The second kappa shape index (κ2) is 7.49. The molecule has 0 N–H and O–H groups in total. The van der Waals surface area contributed by atoms with Crippen molar-refractivity contribution in [1.82, 2.24) is 9.97 Å². The highest BCUT2D eigenvalue weighted by atomic mass is 35.5. The zero-order valence-electron chi connectivity index (χ0n) is 11.0. The van der Waals surface area contributed by atoms with Gasteiger partial charge in [0.2, 0.25) is 5.95 Å². The molecule has 0 amide bonds. The van der Waals surface area contributed by atoms with E-state index in [-0.39, 0.29) is 0 Å². The smallest absolute Gasteiger partial charge is 0.225 e. The number of rotatable bonds is 7. The van der Waals surface area contributed by atoms with Crippen molar-refractivity contribution in [2.45, 2.75) is 52.0 Å². The molecule has 17 heavy (non-hydrogen) atoms. The summed E-state index contributed by atoms with van der Waals surface area (Å²) in [4.78, 5) is 11.1. The quantitative estimate of drug-likeness (QED) is 0.697. The first-order chi connectivity index (χ1) is 8.22. The summed E-state index contributed by atoms with van der Waals surface area (Å²) in [5.41, 5.74) is 0.968. The third-order valence-electron chi connectivity index (χ3n) is 2.98. The molecule has 0 spiro atoms. The summed E-state index contributed by atoms with van der Waals surface area (Å²) in [6.45, 7) is 7.63. The lowest BCUT2D eigenvalue weighted by Gasteiger charge is -2.28. The third kappa shape index (κ3) is 4.15. The molecule has 0 radical (unpaired) electrons. The molecule has 1 aromatic heterocycles. The molecule has 1 atom stereocenters. The van der Waals surface area contributed by atoms with Crippen molar-refractivity contribution >= 4 is 17.5 Å². The van der Waals surface area contributed by atoms with Crippen LogP contribution in [-0.2, 0) is 5.88 Å². The standard InChI is InChI=1S/C13H22ClN3/c1-4-6-7-17(11(3)5-2)13-15-9-12(8-14)10-16-13/h9-11H,4-8H2,1-3H3. The van der Waals surface area contributed by atoms with Crippen LogP contribution in [0.4, 0.5) is 5.95 Å². The molecule has 0 saturated heterocycles. The van der Waals surface area contributed by atoms with Gasteiger partial charge < -0.3 is 4.90 Å². The van der Waals surface area contributed by atoms with Gasteiger partial charge in [0, 0.05) is 30.5 Å². The fourth-order valence-electron chi connectivity index (χ4n) is 1.63. The molecule has 96 valence electrons. The van der Waals surface area contributed by atoms with E-state index in [4.69, 9.17) is 11.6 Å². The number of aromatic nitrogens is 2. The van der Waals surface area contributed by atoms with Crippen molar-refractivity contribution in [2.75, 3.05) is 11.4 Å². The van der Waals surface area contributed by atoms with Crippen molar-refractivity contribution in [1.29, 1.82) is 0 Å². The molecule has 3 nitrogen and oxygen atoms in total. The van der Waals surface area contributed by atoms with E-state index in [2.05, 4.69) is 35.6 Å². The fraction of sp³-hybridized carbons (Fsp3) is 0.692. The summed E-state index contributed by atoms with van der Waals surface area (Å²) in [6.07, 6.45) is 7.09. The summed E-state index contributed by atoms with van der Waals surface area (Å²) in [7, 11) is 0. The van der Waals surface area contributed by atoms with E-state index in [1.165, 1.54) is 12.8 Å². The largest absolute Gasteiger partial charge is 0.338 e. The van der Waals surface area contributed by atoms with E-state index in [1.54, 1.807) is 0 Å². The Morgan fingerprint density at radius 1 is 1.29 bits per heavy atom. The number of hydrogen-bond acceptors (Lipinski definition) is 3. The monoisotopic (exact) mass is 255 g/mol. The average Bonchev–Trinajstić information content (AvgIpc) is 2.39. The van der Waals surface area contributed by atoms with Crippen molar-refractivity contribution < 1.29 is 0 Å². The van der Waals surface area contributed by atoms with Gasteiger partial charge in [-0.25, -0.2) is 9.97 Å². The maximum absolute atomic E-state index is 5.74. The maximum atomic E-state index is 5.74. The first-order valence-corrected chi connectivity index (χ1v) is 6.89. The summed E-state index contributed by atoms with van der Waals surface area (Å²) >= 11 is 5.74. The number of hydrogen-bond donors (Lipinski definition) is 0. The molecule has 1 aromatic rings. The first-order valence-electron chi connectivity index (χ1n) is 6.36. The molecule has 1 heterocycles. The van der Waals surface area contributed by atoms with Gasteiger partial charge in [0.15, 0.2) is 0 Å². The Kier molecular flexibility index (Phi) is 6.27. The molecule has 4 heteroatoms. The van der Waals surface area contributed by atoms with Gasteiger partial charge in [-0.1, -0.05) is 20.3 Å². The second-order valence-electron chi connectivity index (χ2n) is 4.33.